The molecule has 0 aliphatic carbocycles. The third-order valence-electron chi connectivity index (χ3n) is 1.54. The second-order valence-corrected chi connectivity index (χ2v) is 5.47. The Labute approximate surface area is 96.8 Å². The first-order valence-corrected chi connectivity index (χ1v) is 6.24. The lowest BCUT2D eigenvalue weighted by molar-refractivity contribution is -0.914. The van der Waals surface area contributed by atoms with Crippen molar-refractivity contribution >= 4 is 16.1 Å². The number of quaternary nitrogens is 1. The Morgan fingerprint density at radius 2 is 1.75 bits per heavy atom. The first-order valence-electron chi connectivity index (χ1n) is 4.43. The Morgan fingerprint density at radius 3 is 1.94 bits per heavy atom. The van der Waals surface area contributed by atoms with Crippen LogP contribution in [0.25, 0.3) is 0 Å². The van der Waals surface area contributed by atoms with Crippen molar-refractivity contribution in [3.05, 3.63) is 12.7 Å². The maximum atomic E-state index is 10.7. The fourth-order valence-electron chi connectivity index (χ4n) is 0.374. The van der Waals surface area contributed by atoms with Gasteiger partial charge in [0.1, 0.15) is 0 Å². The number of rotatable bonds is 3. The van der Waals surface area contributed by atoms with Gasteiger partial charge in [-0.1, -0.05) is 6.58 Å². The number of ether oxygens (including phenoxy) is 1. The summed E-state index contributed by atoms with van der Waals surface area (Å²) in [7, 11) is 1.96. The highest BCUT2D eigenvalue weighted by atomic mass is 32.2. The molecule has 16 heavy (non-hydrogen) atoms. The normalized spacial score (nSPS) is 13.1. The van der Waals surface area contributed by atoms with Crippen LogP contribution in [0.1, 0.15) is 6.92 Å². The molecule has 0 aliphatic rings. The van der Waals surface area contributed by atoms with Crippen LogP contribution in [0, 0.1) is 0 Å². The zero-order valence-electron chi connectivity index (χ0n) is 10.3. The molecule has 1 unspecified atom stereocenters. The van der Waals surface area contributed by atoms with Crippen LogP contribution in [0.5, 0.6) is 0 Å². The smallest absolute Gasteiger partial charge is 0.334 e. The van der Waals surface area contributed by atoms with Crippen LogP contribution in [-0.4, -0.2) is 57.0 Å². The largest absolute Gasteiger partial charge is 0.748 e. The second kappa shape index (κ2) is 6.62. The molecule has 0 aliphatic heterocycles. The van der Waals surface area contributed by atoms with E-state index in [0.29, 0.717) is 10.7 Å². The van der Waals surface area contributed by atoms with Gasteiger partial charge in [0.15, 0.2) is 0 Å². The molecule has 96 valence electrons. The van der Waals surface area contributed by atoms with E-state index in [2.05, 4.69) is 6.58 Å². The molecule has 0 aromatic carbocycles. The predicted molar refractivity (Wildman–Crippen MR) is 59.4 cm³/mol. The maximum absolute atomic E-state index is 10.7. The molecule has 0 aromatic rings. The first-order chi connectivity index (χ1) is 6.88. The van der Waals surface area contributed by atoms with Crippen LogP contribution in [-0.2, 0) is 19.6 Å². The summed E-state index contributed by atoms with van der Waals surface area (Å²) in [5, 5.41) is 0. The first kappa shape index (κ1) is 17.5. The topological polar surface area (TPSA) is 83.5 Å². The molecular weight excluding hydrogens is 234 g/mol. The number of carbonyl (C=O) groups is 1. The molecule has 0 spiro atoms. The van der Waals surface area contributed by atoms with Crippen LogP contribution in [0.4, 0.5) is 0 Å². The lowest BCUT2D eigenvalue weighted by atomic mass is 10.5. The van der Waals surface area contributed by atoms with Gasteiger partial charge in [0.2, 0.25) is 6.23 Å². The molecule has 0 amide bonds. The minimum atomic E-state index is -3.92. The monoisotopic (exact) mass is 253 g/mol. The van der Waals surface area contributed by atoms with E-state index in [0.717, 1.165) is 0 Å². The van der Waals surface area contributed by atoms with Crippen molar-refractivity contribution in [3.63, 3.8) is 0 Å². The van der Waals surface area contributed by atoms with Gasteiger partial charge in [0.05, 0.1) is 31.3 Å². The van der Waals surface area contributed by atoms with Gasteiger partial charge >= 0.3 is 5.97 Å². The fraction of sp³-hybridized carbons (Fsp3) is 0.667. The van der Waals surface area contributed by atoms with Crippen molar-refractivity contribution in [3.8, 4) is 0 Å². The van der Waals surface area contributed by atoms with Crippen molar-refractivity contribution in [1.82, 2.24) is 0 Å². The van der Waals surface area contributed by atoms with E-state index in [1.54, 1.807) is 0 Å². The SMILES string of the molecule is C=CC(=O)OC(C)[N+](C)(C)C.CS(=O)(=O)[O-]. The Kier molecular flexibility index (Phi) is 7.23. The summed E-state index contributed by atoms with van der Waals surface area (Å²) >= 11 is 0. The van der Waals surface area contributed by atoms with Crippen molar-refractivity contribution in [1.29, 1.82) is 0 Å². The number of nitrogens with zero attached hydrogens (tertiary/aromatic N) is 1. The van der Waals surface area contributed by atoms with E-state index >= 15 is 0 Å². The maximum Gasteiger partial charge on any atom is 0.334 e. The van der Waals surface area contributed by atoms with Gasteiger partial charge in [0, 0.05) is 19.3 Å². The Balaban J connectivity index is 0. The van der Waals surface area contributed by atoms with Crippen LogP contribution < -0.4 is 0 Å². The zero-order chi connectivity index (χ0) is 13.6. The highest BCUT2D eigenvalue weighted by Crippen LogP contribution is 2.03. The molecule has 0 saturated heterocycles. The zero-order valence-corrected chi connectivity index (χ0v) is 11.1. The molecule has 0 radical (unpaired) electrons. The molecule has 0 fully saturated rings. The van der Waals surface area contributed by atoms with Gasteiger partial charge in [-0.25, -0.2) is 13.2 Å². The van der Waals surface area contributed by atoms with E-state index in [1.807, 2.05) is 28.1 Å². The van der Waals surface area contributed by atoms with Crippen molar-refractivity contribution < 1.29 is 27.0 Å². The highest BCUT2D eigenvalue weighted by molar-refractivity contribution is 7.84. The molecule has 6 nitrogen and oxygen atoms in total. The summed E-state index contributed by atoms with van der Waals surface area (Å²) < 4.78 is 32.8. The van der Waals surface area contributed by atoms with E-state index in [9.17, 15) is 4.79 Å². The number of hydrogen-bond donors (Lipinski definition) is 0. The molecule has 0 heterocycles. The van der Waals surface area contributed by atoms with Gasteiger partial charge in [0.25, 0.3) is 0 Å². The average Bonchev–Trinajstić information content (AvgIpc) is 1.99. The van der Waals surface area contributed by atoms with Crippen LogP contribution in [0.15, 0.2) is 12.7 Å². The van der Waals surface area contributed by atoms with Crippen molar-refractivity contribution in [2.24, 2.45) is 0 Å². The summed E-state index contributed by atoms with van der Waals surface area (Å²) in [5.41, 5.74) is 0. The average molecular weight is 253 g/mol. The molecule has 0 aromatic heterocycles. The lowest BCUT2D eigenvalue weighted by Gasteiger charge is -2.29. The minimum Gasteiger partial charge on any atom is -0.748 e. The van der Waals surface area contributed by atoms with E-state index in [-0.39, 0.29) is 12.2 Å². The van der Waals surface area contributed by atoms with E-state index < -0.39 is 10.1 Å². The van der Waals surface area contributed by atoms with E-state index in [1.165, 1.54) is 6.08 Å². The number of carbonyl (C=O) groups excluding carboxylic acids is 1. The molecule has 1 atom stereocenters. The molecule has 0 bridgehead atoms. The van der Waals surface area contributed by atoms with Gasteiger partial charge in [-0.05, 0) is 0 Å². The second-order valence-electron chi connectivity index (χ2n) is 4.06. The summed E-state index contributed by atoms with van der Waals surface area (Å²) in [4.78, 5) is 10.7. The quantitative estimate of drug-likeness (QED) is 0.231. The van der Waals surface area contributed by atoms with Crippen molar-refractivity contribution in [2.45, 2.75) is 13.2 Å². The number of hydrogen-bond acceptors (Lipinski definition) is 5. The third-order valence-corrected chi connectivity index (χ3v) is 1.54. The van der Waals surface area contributed by atoms with Crippen molar-refractivity contribution in [2.75, 3.05) is 27.4 Å². The Bertz CT molecular complexity index is 320. The van der Waals surface area contributed by atoms with Crippen LogP contribution in [0.3, 0.4) is 0 Å². The molecule has 0 saturated carbocycles. The standard InChI is InChI=1S/C8H16NO2.CH4O3S/c1-6-8(10)11-7(2)9(3,4)5;1-5(2,3)4/h6-7H,1H2,2-5H3;1H3,(H,2,3,4)/q+1;/p-1. The Hall–Kier alpha value is -0.920. The highest BCUT2D eigenvalue weighted by Gasteiger charge is 2.20. The molecule has 7 heteroatoms. The van der Waals surface area contributed by atoms with Crippen LogP contribution in [0.2, 0.25) is 0 Å². The molecule has 0 N–H and O–H groups in total. The summed E-state index contributed by atoms with van der Waals surface area (Å²) in [6, 6.07) is 0. The Morgan fingerprint density at radius 1 is 1.44 bits per heavy atom. The summed E-state index contributed by atoms with van der Waals surface area (Å²) in [5.74, 6) is -0.370. The van der Waals surface area contributed by atoms with Crippen LogP contribution >= 0.6 is 0 Å². The molecule has 0 rings (SSSR count). The van der Waals surface area contributed by atoms with Gasteiger partial charge in [-0.2, -0.15) is 0 Å². The predicted octanol–water partition coefficient (Wildman–Crippen LogP) is -0.0708. The number of esters is 1. The van der Waals surface area contributed by atoms with Gasteiger partial charge < -0.3 is 9.29 Å². The van der Waals surface area contributed by atoms with Gasteiger partial charge in [-0.15, -0.1) is 0 Å². The fourth-order valence-corrected chi connectivity index (χ4v) is 0.374. The minimum absolute atomic E-state index is 0.138. The van der Waals surface area contributed by atoms with E-state index in [4.69, 9.17) is 17.7 Å². The summed E-state index contributed by atoms with van der Waals surface area (Å²) in [6.07, 6.45) is 1.64. The lowest BCUT2D eigenvalue weighted by Crippen LogP contribution is -2.45. The molecular formula is C9H19NO5S. The third kappa shape index (κ3) is 15.5. The summed E-state index contributed by atoms with van der Waals surface area (Å²) in [6.45, 7) is 5.16. The van der Waals surface area contributed by atoms with Gasteiger partial charge in [-0.3, -0.25) is 4.48 Å².